The second kappa shape index (κ2) is 8.31. The van der Waals surface area contributed by atoms with Crippen LogP contribution in [0, 0.1) is 0 Å². The maximum Gasteiger partial charge on any atom is 0.196 e. The molecule has 1 saturated heterocycles. The number of hydrazine groups is 1. The molecule has 3 aromatic rings. The first-order chi connectivity index (χ1) is 14.5. The fraction of sp³-hybridized carbons (Fsp3) is 0.333. The molecule has 3 heterocycles. The van der Waals surface area contributed by atoms with Crippen LogP contribution in [0.4, 0.5) is 17.5 Å². The molecule has 1 aliphatic heterocycles. The van der Waals surface area contributed by atoms with Gasteiger partial charge < -0.3 is 15.3 Å². The zero-order chi connectivity index (χ0) is 21.1. The largest absolute Gasteiger partial charge is 0.387 e. The quantitative estimate of drug-likeness (QED) is 0.306. The number of hydrogen-bond acceptors (Lipinski definition) is 9. The molecule has 156 valence electrons. The summed E-state index contributed by atoms with van der Waals surface area (Å²) in [6, 6.07) is 9.95. The van der Waals surface area contributed by atoms with Crippen LogP contribution >= 0.6 is 0 Å². The van der Waals surface area contributed by atoms with Crippen LogP contribution in [0.5, 0.6) is 0 Å². The molecule has 0 radical (unpaired) electrons. The lowest BCUT2D eigenvalue weighted by molar-refractivity contribution is 0.0651. The van der Waals surface area contributed by atoms with Crippen LogP contribution in [0.15, 0.2) is 47.7 Å². The van der Waals surface area contributed by atoms with Crippen LogP contribution < -0.4 is 21.1 Å². The highest BCUT2D eigenvalue weighted by atomic mass is 16.3. The number of nitrogens with one attached hydrogen (secondary N) is 1. The molecule has 1 fully saturated rings. The van der Waals surface area contributed by atoms with Gasteiger partial charge in [0.2, 0.25) is 0 Å². The lowest BCUT2D eigenvalue weighted by Crippen LogP contribution is -2.42. The first-order valence-electron chi connectivity index (χ1n) is 9.83. The van der Waals surface area contributed by atoms with Crippen molar-refractivity contribution in [1.29, 1.82) is 0 Å². The zero-order valence-corrected chi connectivity index (χ0v) is 17.0. The molecule has 1 aliphatic rings. The summed E-state index contributed by atoms with van der Waals surface area (Å²) in [7, 11) is 1.83. The predicted octanol–water partition coefficient (Wildman–Crippen LogP) is 1.40. The maximum absolute atomic E-state index is 10.7. The van der Waals surface area contributed by atoms with E-state index in [0.717, 1.165) is 16.5 Å². The summed E-state index contributed by atoms with van der Waals surface area (Å²) >= 11 is 0. The Labute approximate surface area is 175 Å². The van der Waals surface area contributed by atoms with Crippen molar-refractivity contribution in [3.05, 3.63) is 48.3 Å². The second-order valence-electron chi connectivity index (χ2n) is 7.62. The SMILES string of the molecule is C=Nc1ncc(N2CCC(O)(CNC)C2)nc1N(N)Cc1ccc2ncccc2c1. The number of fused-ring (bicyclic) bond motifs is 1. The molecular formula is C21H26N8O. The number of β-amino-alcohol motifs (C(OH)–C–C–N with tert-alkyl or cyclic N) is 1. The topological polar surface area (TPSA) is 116 Å². The van der Waals surface area contributed by atoms with Crippen LogP contribution in [-0.2, 0) is 6.54 Å². The Bertz CT molecular complexity index is 1060. The molecule has 0 amide bonds. The van der Waals surface area contributed by atoms with E-state index in [1.807, 2.05) is 36.2 Å². The van der Waals surface area contributed by atoms with Gasteiger partial charge in [0, 0.05) is 31.2 Å². The van der Waals surface area contributed by atoms with Crippen molar-refractivity contribution in [2.75, 3.05) is 36.6 Å². The fourth-order valence-electron chi connectivity index (χ4n) is 3.84. The number of nitrogens with zero attached hydrogens (tertiary/aromatic N) is 6. The molecule has 1 unspecified atom stereocenters. The van der Waals surface area contributed by atoms with Crippen molar-refractivity contribution in [2.45, 2.75) is 18.6 Å². The summed E-state index contributed by atoms with van der Waals surface area (Å²) in [6.07, 6.45) is 4.08. The molecule has 0 bridgehead atoms. The third-order valence-electron chi connectivity index (χ3n) is 5.33. The van der Waals surface area contributed by atoms with E-state index in [9.17, 15) is 5.11 Å². The molecule has 0 aliphatic carbocycles. The number of anilines is 2. The van der Waals surface area contributed by atoms with E-state index in [-0.39, 0.29) is 0 Å². The Hall–Kier alpha value is -3.14. The molecule has 9 nitrogen and oxygen atoms in total. The molecule has 4 N–H and O–H groups in total. The van der Waals surface area contributed by atoms with Gasteiger partial charge in [0.1, 0.15) is 5.82 Å². The van der Waals surface area contributed by atoms with E-state index >= 15 is 0 Å². The summed E-state index contributed by atoms with van der Waals surface area (Å²) in [4.78, 5) is 19.4. The van der Waals surface area contributed by atoms with E-state index in [1.54, 1.807) is 12.4 Å². The summed E-state index contributed by atoms with van der Waals surface area (Å²) in [5.41, 5.74) is 1.17. The lowest BCUT2D eigenvalue weighted by Gasteiger charge is -2.25. The third-order valence-corrected chi connectivity index (χ3v) is 5.33. The number of benzene rings is 1. The summed E-state index contributed by atoms with van der Waals surface area (Å²) < 4.78 is 0. The van der Waals surface area contributed by atoms with E-state index in [4.69, 9.17) is 10.8 Å². The maximum atomic E-state index is 10.7. The summed E-state index contributed by atoms with van der Waals surface area (Å²) in [5.74, 6) is 7.83. The Morgan fingerprint density at radius 3 is 3.03 bits per heavy atom. The Morgan fingerprint density at radius 2 is 2.23 bits per heavy atom. The highest BCUT2D eigenvalue weighted by molar-refractivity contribution is 5.79. The zero-order valence-electron chi connectivity index (χ0n) is 17.0. The first kappa shape index (κ1) is 20.1. The van der Waals surface area contributed by atoms with Crippen molar-refractivity contribution >= 4 is 35.1 Å². The number of aliphatic hydroxyl groups is 1. The Morgan fingerprint density at radius 1 is 1.37 bits per heavy atom. The minimum absolute atomic E-state index is 0.369. The van der Waals surface area contributed by atoms with Crippen molar-refractivity contribution in [2.24, 2.45) is 10.8 Å². The van der Waals surface area contributed by atoms with Crippen LogP contribution in [0.1, 0.15) is 12.0 Å². The van der Waals surface area contributed by atoms with Gasteiger partial charge in [-0.05, 0) is 43.9 Å². The van der Waals surface area contributed by atoms with Crippen LogP contribution in [0.25, 0.3) is 10.9 Å². The van der Waals surface area contributed by atoms with Gasteiger partial charge in [-0.2, -0.15) is 0 Å². The van der Waals surface area contributed by atoms with E-state index in [0.29, 0.717) is 50.1 Å². The van der Waals surface area contributed by atoms with Gasteiger partial charge in [-0.15, -0.1) is 0 Å². The molecule has 0 spiro atoms. The molecule has 4 rings (SSSR count). The molecule has 9 heteroatoms. The monoisotopic (exact) mass is 406 g/mol. The van der Waals surface area contributed by atoms with Gasteiger partial charge in [0.15, 0.2) is 11.6 Å². The van der Waals surface area contributed by atoms with Gasteiger partial charge in [-0.25, -0.2) is 20.8 Å². The highest BCUT2D eigenvalue weighted by Gasteiger charge is 2.36. The molecule has 1 atom stereocenters. The van der Waals surface area contributed by atoms with Gasteiger partial charge in [0.05, 0.1) is 23.9 Å². The van der Waals surface area contributed by atoms with Crippen molar-refractivity contribution < 1.29 is 5.11 Å². The smallest absolute Gasteiger partial charge is 0.196 e. The van der Waals surface area contributed by atoms with Crippen LogP contribution in [0.2, 0.25) is 0 Å². The van der Waals surface area contributed by atoms with Gasteiger partial charge in [0.25, 0.3) is 0 Å². The average Bonchev–Trinajstić information content (AvgIpc) is 3.15. The predicted molar refractivity (Wildman–Crippen MR) is 119 cm³/mol. The van der Waals surface area contributed by atoms with Gasteiger partial charge in [-0.1, -0.05) is 12.1 Å². The normalized spacial score (nSPS) is 18.7. The highest BCUT2D eigenvalue weighted by Crippen LogP contribution is 2.30. The summed E-state index contributed by atoms with van der Waals surface area (Å²) in [6.45, 7) is 5.71. The fourth-order valence-corrected chi connectivity index (χ4v) is 3.84. The average molecular weight is 406 g/mol. The Balaban J connectivity index is 1.57. The van der Waals surface area contributed by atoms with E-state index in [1.165, 1.54) is 5.01 Å². The van der Waals surface area contributed by atoms with Crippen molar-refractivity contribution in [3.63, 3.8) is 0 Å². The van der Waals surface area contributed by atoms with E-state index < -0.39 is 5.60 Å². The van der Waals surface area contributed by atoms with Gasteiger partial charge >= 0.3 is 0 Å². The molecule has 30 heavy (non-hydrogen) atoms. The number of hydrogen-bond donors (Lipinski definition) is 3. The number of likely N-dealkylation sites (N-methyl/N-ethyl adjacent to an activating group) is 1. The van der Waals surface area contributed by atoms with Gasteiger partial charge in [-0.3, -0.25) is 9.99 Å². The first-order valence-corrected chi connectivity index (χ1v) is 9.83. The molecule has 2 aromatic heterocycles. The number of aromatic nitrogens is 3. The minimum Gasteiger partial charge on any atom is -0.387 e. The standard InChI is InChI=1S/C21H26N8O/c1-23-13-21(30)7-9-28(14-21)18-11-26-19(24-2)20(27-18)29(22)12-15-5-6-17-16(10-15)4-3-8-25-17/h3-6,8,10-11,23,30H,2,7,9,12-14,22H2,1H3. The van der Waals surface area contributed by atoms with Crippen LogP contribution in [0.3, 0.4) is 0 Å². The third kappa shape index (κ3) is 4.09. The number of rotatable bonds is 7. The number of aliphatic imine (C=N–C) groups is 1. The molecule has 1 aromatic carbocycles. The van der Waals surface area contributed by atoms with Crippen LogP contribution in [-0.4, -0.2) is 59.1 Å². The molecular weight excluding hydrogens is 380 g/mol. The summed E-state index contributed by atoms with van der Waals surface area (Å²) in [5, 5.41) is 16.3. The Kier molecular flexibility index (Phi) is 5.58. The minimum atomic E-state index is -0.784. The van der Waals surface area contributed by atoms with Crippen molar-refractivity contribution in [1.82, 2.24) is 20.3 Å². The number of pyridine rings is 1. The van der Waals surface area contributed by atoms with Crippen molar-refractivity contribution in [3.8, 4) is 0 Å². The second-order valence-corrected chi connectivity index (χ2v) is 7.62. The molecule has 0 saturated carbocycles. The lowest BCUT2D eigenvalue weighted by atomic mass is 10.0. The number of nitrogens with two attached hydrogens (primary N) is 1. The van der Waals surface area contributed by atoms with E-state index in [2.05, 4.69) is 33.1 Å².